The predicted molar refractivity (Wildman–Crippen MR) is 74.5 cm³/mol. The standard InChI is InChI=1S/C12H26N2O2S/c1-6-9(8-17-5)14-11(16)13-7-10(15)12(2,3)4/h9-10,15H,6-8H2,1-5H3,(H2,13,14,16). The number of carbonyl (C=O) groups is 1. The zero-order valence-electron chi connectivity index (χ0n) is 11.5. The first kappa shape index (κ1) is 16.6. The minimum atomic E-state index is -0.533. The summed E-state index contributed by atoms with van der Waals surface area (Å²) in [5.74, 6) is 0.908. The smallest absolute Gasteiger partial charge is 0.315 e. The van der Waals surface area contributed by atoms with E-state index < -0.39 is 6.10 Å². The summed E-state index contributed by atoms with van der Waals surface area (Å²) < 4.78 is 0. The first-order valence-corrected chi connectivity index (χ1v) is 7.42. The van der Waals surface area contributed by atoms with E-state index in [4.69, 9.17) is 0 Å². The molecule has 0 spiro atoms. The fraction of sp³-hybridized carbons (Fsp3) is 0.917. The largest absolute Gasteiger partial charge is 0.391 e. The molecule has 0 radical (unpaired) electrons. The lowest BCUT2D eigenvalue weighted by Gasteiger charge is -2.26. The third-order valence-electron chi connectivity index (χ3n) is 2.65. The molecular weight excluding hydrogens is 236 g/mol. The van der Waals surface area contributed by atoms with Gasteiger partial charge in [-0.05, 0) is 18.1 Å². The highest BCUT2D eigenvalue weighted by molar-refractivity contribution is 7.98. The summed E-state index contributed by atoms with van der Waals surface area (Å²) in [6.45, 7) is 8.16. The van der Waals surface area contributed by atoms with Gasteiger partial charge in [0.25, 0.3) is 0 Å². The van der Waals surface area contributed by atoms with Gasteiger partial charge in [0.15, 0.2) is 0 Å². The number of rotatable bonds is 6. The minimum absolute atomic E-state index is 0.191. The van der Waals surface area contributed by atoms with E-state index in [1.165, 1.54) is 0 Å². The van der Waals surface area contributed by atoms with E-state index in [1.54, 1.807) is 11.8 Å². The monoisotopic (exact) mass is 262 g/mol. The first-order chi connectivity index (χ1) is 7.81. The molecule has 0 fully saturated rings. The normalized spacial score (nSPS) is 15.2. The van der Waals surface area contributed by atoms with Crippen LogP contribution in [0.2, 0.25) is 0 Å². The predicted octanol–water partition coefficient (Wildman–Crippen LogP) is 1.83. The summed E-state index contributed by atoms with van der Waals surface area (Å²) in [7, 11) is 0. The Morgan fingerprint density at radius 2 is 2.00 bits per heavy atom. The Labute approximate surface area is 109 Å². The highest BCUT2D eigenvalue weighted by Crippen LogP contribution is 2.17. The van der Waals surface area contributed by atoms with E-state index in [0.29, 0.717) is 0 Å². The average Bonchev–Trinajstić information content (AvgIpc) is 2.23. The molecule has 0 aromatic heterocycles. The Bertz CT molecular complexity index is 229. The zero-order valence-corrected chi connectivity index (χ0v) is 12.4. The van der Waals surface area contributed by atoms with Crippen LogP contribution in [0.25, 0.3) is 0 Å². The second-order valence-corrected chi connectivity index (χ2v) is 6.21. The van der Waals surface area contributed by atoms with Gasteiger partial charge < -0.3 is 15.7 Å². The highest BCUT2D eigenvalue weighted by Gasteiger charge is 2.22. The number of carbonyl (C=O) groups excluding carboxylic acids is 1. The van der Waals surface area contributed by atoms with Gasteiger partial charge in [-0.1, -0.05) is 27.7 Å². The Morgan fingerprint density at radius 1 is 1.41 bits per heavy atom. The Kier molecular flexibility index (Phi) is 7.63. The molecule has 4 nitrogen and oxygen atoms in total. The van der Waals surface area contributed by atoms with Crippen molar-refractivity contribution in [3.8, 4) is 0 Å². The summed E-state index contributed by atoms with van der Waals surface area (Å²) in [6, 6.07) is -0.00835. The molecule has 0 aliphatic heterocycles. The van der Waals surface area contributed by atoms with Crippen molar-refractivity contribution < 1.29 is 9.90 Å². The van der Waals surface area contributed by atoms with Crippen molar-refractivity contribution >= 4 is 17.8 Å². The van der Waals surface area contributed by atoms with Gasteiger partial charge in [0.05, 0.1) is 6.10 Å². The fourth-order valence-electron chi connectivity index (χ4n) is 1.19. The second-order valence-electron chi connectivity index (χ2n) is 5.30. The number of aliphatic hydroxyl groups is 1. The SMILES string of the molecule is CCC(CSC)NC(=O)NCC(O)C(C)(C)C. The number of urea groups is 1. The van der Waals surface area contributed by atoms with Crippen LogP contribution in [0.1, 0.15) is 34.1 Å². The van der Waals surface area contributed by atoms with Gasteiger partial charge in [-0.3, -0.25) is 0 Å². The van der Waals surface area contributed by atoms with E-state index in [0.717, 1.165) is 12.2 Å². The molecule has 0 aliphatic carbocycles. The van der Waals surface area contributed by atoms with Crippen molar-refractivity contribution in [2.75, 3.05) is 18.6 Å². The van der Waals surface area contributed by atoms with Crippen LogP contribution < -0.4 is 10.6 Å². The van der Waals surface area contributed by atoms with Gasteiger partial charge in [-0.15, -0.1) is 0 Å². The van der Waals surface area contributed by atoms with E-state index in [-0.39, 0.29) is 24.0 Å². The molecule has 0 aromatic carbocycles. The summed E-state index contributed by atoms with van der Waals surface area (Å²) in [6.07, 6.45) is 2.40. The number of amides is 2. The lowest BCUT2D eigenvalue weighted by Crippen LogP contribution is -2.47. The van der Waals surface area contributed by atoms with E-state index in [9.17, 15) is 9.90 Å². The molecule has 0 aromatic rings. The van der Waals surface area contributed by atoms with Crippen LogP contribution in [0.4, 0.5) is 4.79 Å². The number of hydrogen-bond donors (Lipinski definition) is 3. The van der Waals surface area contributed by atoms with E-state index >= 15 is 0 Å². The summed E-state index contributed by atoms with van der Waals surface area (Å²) in [4.78, 5) is 11.6. The maximum absolute atomic E-state index is 11.6. The van der Waals surface area contributed by atoms with Crippen LogP contribution in [0.5, 0.6) is 0 Å². The van der Waals surface area contributed by atoms with Crippen molar-refractivity contribution in [3.63, 3.8) is 0 Å². The molecule has 102 valence electrons. The number of aliphatic hydroxyl groups excluding tert-OH is 1. The first-order valence-electron chi connectivity index (χ1n) is 6.02. The van der Waals surface area contributed by atoms with Crippen LogP contribution in [-0.4, -0.2) is 41.8 Å². The summed E-state index contributed by atoms with van der Waals surface area (Å²) >= 11 is 1.71. The third-order valence-corrected chi connectivity index (χ3v) is 3.39. The average molecular weight is 262 g/mol. The van der Waals surface area contributed by atoms with Gasteiger partial charge >= 0.3 is 6.03 Å². The van der Waals surface area contributed by atoms with Gasteiger partial charge in [-0.25, -0.2) is 4.79 Å². The Balaban J connectivity index is 3.94. The van der Waals surface area contributed by atoms with E-state index in [2.05, 4.69) is 10.6 Å². The molecule has 2 amide bonds. The van der Waals surface area contributed by atoms with Crippen molar-refractivity contribution in [2.24, 2.45) is 5.41 Å². The maximum atomic E-state index is 11.6. The van der Waals surface area contributed by atoms with Crippen molar-refractivity contribution in [2.45, 2.75) is 46.3 Å². The maximum Gasteiger partial charge on any atom is 0.315 e. The van der Waals surface area contributed by atoms with Gasteiger partial charge in [0.2, 0.25) is 0 Å². The molecule has 17 heavy (non-hydrogen) atoms. The van der Waals surface area contributed by atoms with Crippen LogP contribution in [-0.2, 0) is 0 Å². The van der Waals surface area contributed by atoms with Crippen LogP contribution in [0, 0.1) is 5.41 Å². The topological polar surface area (TPSA) is 61.4 Å². The zero-order chi connectivity index (χ0) is 13.5. The lowest BCUT2D eigenvalue weighted by atomic mass is 9.89. The Morgan fingerprint density at radius 3 is 2.41 bits per heavy atom. The quantitative estimate of drug-likeness (QED) is 0.684. The van der Waals surface area contributed by atoms with Gasteiger partial charge in [0.1, 0.15) is 0 Å². The molecule has 2 atom stereocenters. The minimum Gasteiger partial charge on any atom is -0.391 e. The Hall–Kier alpha value is -0.420. The van der Waals surface area contributed by atoms with Crippen LogP contribution >= 0.6 is 11.8 Å². The molecule has 0 heterocycles. The molecule has 0 saturated carbocycles. The summed E-state index contributed by atoms with van der Waals surface area (Å²) in [5, 5.41) is 15.4. The number of nitrogens with one attached hydrogen (secondary N) is 2. The number of hydrogen-bond acceptors (Lipinski definition) is 3. The van der Waals surface area contributed by atoms with Gasteiger partial charge in [0, 0.05) is 18.3 Å². The molecule has 0 saturated heterocycles. The fourth-order valence-corrected chi connectivity index (χ4v) is 1.92. The number of thioether (sulfide) groups is 1. The molecule has 5 heteroatoms. The van der Waals surface area contributed by atoms with E-state index in [1.807, 2.05) is 34.0 Å². The molecule has 0 aliphatic rings. The molecular formula is C12H26N2O2S. The van der Waals surface area contributed by atoms with Crippen molar-refractivity contribution in [1.82, 2.24) is 10.6 Å². The van der Waals surface area contributed by atoms with Gasteiger partial charge in [-0.2, -0.15) is 11.8 Å². The van der Waals surface area contributed by atoms with Crippen LogP contribution in [0.15, 0.2) is 0 Å². The lowest BCUT2D eigenvalue weighted by molar-refractivity contribution is 0.0649. The molecule has 0 bridgehead atoms. The summed E-state index contributed by atoms with van der Waals surface area (Å²) in [5.41, 5.74) is -0.212. The molecule has 2 unspecified atom stereocenters. The van der Waals surface area contributed by atoms with Crippen molar-refractivity contribution in [1.29, 1.82) is 0 Å². The molecule has 0 rings (SSSR count). The van der Waals surface area contributed by atoms with Crippen LogP contribution in [0.3, 0.4) is 0 Å². The third kappa shape index (κ3) is 7.49. The highest BCUT2D eigenvalue weighted by atomic mass is 32.2. The van der Waals surface area contributed by atoms with Crippen molar-refractivity contribution in [3.05, 3.63) is 0 Å². The second kappa shape index (κ2) is 7.82. The molecule has 3 N–H and O–H groups in total.